The summed E-state index contributed by atoms with van der Waals surface area (Å²) in [6.45, 7) is 7.91. The molecule has 1 rings (SSSR count). The van der Waals surface area contributed by atoms with E-state index < -0.39 is 0 Å². The van der Waals surface area contributed by atoms with Gasteiger partial charge in [-0.2, -0.15) is 0 Å². The van der Waals surface area contributed by atoms with Gasteiger partial charge < -0.3 is 10.1 Å². The van der Waals surface area contributed by atoms with E-state index in [4.69, 9.17) is 4.74 Å². The molecule has 1 aromatic carbocycles. The second-order valence-corrected chi connectivity index (χ2v) is 5.31. The molecule has 0 amide bonds. The van der Waals surface area contributed by atoms with Crippen LogP contribution in [0.4, 0.5) is 4.39 Å². The average Bonchev–Trinajstić information content (AvgIpc) is 2.43. The smallest absolute Gasteiger partial charge is 0.123 e. The first kappa shape index (κ1) is 17.1. The van der Waals surface area contributed by atoms with Crippen molar-refractivity contribution >= 4 is 0 Å². The highest BCUT2D eigenvalue weighted by molar-refractivity contribution is 5.16. The molecule has 0 aromatic heterocycles. The van der Waals surface area contributed by atoms with Gasteiger partial charge in [0.25, 0.3) is 0 Å². The lowest BCUT2D eigenvalue weighted by molar-refractivity contribution is 0.120. The van der Waals surface area contributed by atoms with Crippen LogP contribution in [0, 0.1) is 11.7 Å². The largest absolute Gasteiger partial charge is 0.381 e. The Morgan fingerprint density at radius 1 is 1.20 bits per heavy atom. The van der Waals surface area contributed by atoms with Crippen LogP contribution in [0.15, 0.2) is 24.3 Å². The Morgan fingerprint density at radius 2 is 2.05 bits per heavy atom. The fourth-order valence-corrected chi connectivity index (χ4v) is 2.25. The maximum Gasteiger partial charge on any atom is 0.123 e. The number of ether oxygens (including phenoxy) is 1. The molecule has 1 atom stereocenters. The maximum atomic E-state index is 13.2. The van der Waals surface area contributed by atoms with E-state index in [1.54, 1.807) is 12.1 Å². The van der Waals surface area contributed by atoms with E-state index in [1.165, 1.54) is 6.07 Å². The monoisotopic (exact) mass is 281 g/mol. The topological polar surface area (TPSA) is 21.3 Å². The van der Waals surface area contributed by atoms with Crippen molar-refractivity contribution < 1.29 is 9.13 Å². The summed E-state index contributed by atoms with van der Waals surface area (Å²) >= 11 is 0. The van der Waals surface area contributed by atoms with Crippen LogP contribution in [0.3, 0.4) is 0 Å². The van der Waals surface area contributed by atoms with E-state index in [1.807, 2.05) is 6.07 Å². The Morgan fingerprint density at radius 3 is 2.75 bits per heavy atom. The SMILES string of the molecule is CCCNCC(CCOCCC)Cc1cccc(F)c1. The minimum atomic E-state index is -0.148. The third-order valence-electron chi connectivity index (χ3n) is 3.29. The van der Waals surface area contributed by atoms with Gasteiger partial charge in [-0.05, 0) is 62.4 Å². The number of nitrogens with one attached hydrogen (secondary N) is 1. The van der Waals surface area contributed by atoms with Crippen molar-refractivity contribution in [3.8, 4) is 0 Å². The van der Waals surface area contributed by atoms with E-state index in [9.17, 15) is 4.39 Å². The molecule has 1 aromatic rings. The van der Waals surface area contributed by atoms with Crippen LogP contribution in [0.25, 0.3) is 0 Å². The van der Waals surface area contributed by atoms with Crippen molar-refractivity contribution in [2.75, 3.05) is 26.3 Å². The highest BCUT2D eigenvalue weighted by atomic mass is 19.1. The van der Waals surface area contributed by atoms with Gasteiger partial charge in [0.2, 0.25) is 0 Å². The molecule has 3 heteroatoms. The molecule has 0 spiro atoms. The predicted octanol–water partition coefficient (Wildman–Crippen LogP) is 3.80. The molecule has 0 heterocycles. The summed E-state index contributed by atoms with van der Waals surface area (Å²) in [5, 5.41) is 3.46. The van der Waals surface area contributed by atoms with E-state index in [2.05, 4.69) is 19.2 Å². The van der Waals surface area contributed by atoms with Crippen molar-refractivity contribution in [1.29, 1.82) is 0 Å². The standard InChI is InChI=1S/C17H28FNO/c1-3-9-19-14-16(8-11-20-10-4-2)12-15-6-5-7-17(18)13-15/h5-7,13,16,19H,3-4,8-12,14H2,1-2H3. The first-order chi connectivity index (χ1) is 9.76. The third kappa shape index (κ3) is 7.61. The van der Waals surface area contributed by atoms with Crippen LogP contribution in [0.2, 0.25) is 0 Å². The molecule has 0 aliphatic carbocycles. The molecule has 114 valence electrons. The Labute approximate surface area is 122 Å². The zero-order valence-corrected chi connectivity index (χ0v) is 12.8. The zero-order chi connectivity index (χ0) is 14.6. The highest BCUT2D eigenvalue weighted by Crippen LogP contribution is 2.13. The van der Waals surface area contributed by atoms with Crippen LogP contribution in [0.1, 0.15) is 38.7 Å². The van der Waals surface area contributed by atoms with Crippen LogP contribution in [-0.4, -0.2) is 26.3 Å². The van der Waals surface area contributed by atoms with Crippen molar-refractivity contribution in [2.24, 2.45) is 5.92 Å². The molecule has 20 heavy (non-hydrogen) atoms. The summed E-state index contributed by atoms with van der Waals surface area (Å²) in [4.78, 5) is 0. The first-order valence-corrected chi connectivity index (χ1v) is 7.79. The van der Waals surface area contributed by atoms with E-state index in [0.29, 0.717) is 5.92 Å². The quantitative estimate of drug-likeness (QED) is 0.623. The molecule has 0 aliphatic heterocycles. The lowest BCUT2D eigenvalue weighted by Gasteiger charge is -2.18. The summed E-state index contributed by atoms with van der Waals surface area (Å²) in [6, 6.07) is 6.93. The van der Waals surface area contributed by atoms with Crippen molar-refractivity contribution in [3.63, 3.8) is 0 Å². The molecule has 1 N–H and O–H groups in total. The number of hydrogen-bond donors (Lipinski definition) is 1. The van der Waals surface area contributed by atoms with Gasteiger partial charge in [0.15, 0.2) is 0 Å². The zero-order valence-electron chi connectivity index (χ0n) is 12.8. The van der Waals surface area contributed by atoms with Gasteiger partial charge in [-0.1, -0.05) is 26.0 Å². The highest BCUT2D eigenvalue weighted by Gasteiger charge is 2.10. The minimum absolute atomic E-state index is 0.148. The van der Waals surface area contributed by atoms with Gasteiger partial charge in [0.05, 0.1) is 0 Å². The Hall–Kier alpha value is -0.930. The fourth-order valence-electron chi connectivity index (χ4n) is 2.25. The molecular formula is C17H28FNO. The Balaban J connectivity index is 2.43. The van der Waals surface area contributed by atoms with E-state index in [-0.39, 0.29) is 5.82 Å². The molecule has 0 aliphatic rings. The summed E-state index contributed by atoms with van der Waals surface area (Å²) in [5.74, 6) is 0.352. The van der Waals surface area contributed by atoms with Crippen LogP contribution in [-0.2, 0) is 11.2 Å². The minimum Gasteiger partial charge on any atom is -0.381 e. The summed E-state index contributed by atoms with van der Waals surface area (Å²) in [6.07, 6.45) is 4.12. The lowest BCUT2D eigenvalue weighted by Crippen LogP contribution is -2.26. The molecular weight excluding hydrogens is 253 g/mol. The number of benzene rings is 1. The van der Waals surface area contributed by atoms with Crippen LogP contribution >= 0.6 is 0 Å². The molecule has 0 fully saturated rings. The van der Waals surface area contributed by atoms with Gasteiger partial charge in [-0.25, -0.2) is 4.39 Å². The molecule has 0 bridgehead atoms. The maximum absolute atomic E-state index is 13.2. The molecule has 0 radical (unpaired) electrons. The molecule has 0 saturated carbocycles. The van der Waals surface area contributed by atoms with Gasteiger partial charge in [0, 0.05) is 13.2 Å². The first-order valence-electron chi connectivity index (χ1n) is 7.79. The van der Waals surface area contributed by atoms with Gasteiger partial charge in [-0.3, -0.25) is 0 Å². The predicted molar refractivity (Wildman–Crippen MR) is 82.5 cm³/mol. The van der Waals surface area contributed by atoms with Gasteiger partial charge in [-0.15, -0.1) is 0 Å². The number of halogens is 1. The number of rotatable bonds is 11. The summed E-state index contributed by atoms with van der Waals surface area (Å²) in [7, 11) is 0. The second-order valence-electron chi connectivity index (χ2n) is 5.31. The van der Waals surface area contributed by atoms with Crippen molar-refractivity contribution in [2.45, 2.75) is 39.5 Å². The van der Waals surface area contributed by atoms with Gasteiger partial charge >= 0.3 is 0 Å². The van der Waals surface area contributed by atoms with Crippen molar-refractivity contribution in [1.82, 2.24) is 5.32 Å². The summed E-state index contributed by atoms with van der Waals surface area (Å²) < 4.78 is 18.8. The lowest BCUT2D eigenvalue weighted by atomic mass is 9.96. The average molecular weight is 281 g/mol. The van der Waals surface area contributed by atoms with Crippen molar-refractivity contribution in [3.05, 3.63) is 35.6 Å². The molecule has 0 saturated heterocycles. The molecule has 2 nitrogen and oxygen atoms in total. The van der Waals surface area contributed by atoms with Crippen LogP contribution < -0.4 is 5.32 Å². The Bertz CT molecular complexity index is 357. The third-order valence-corrected chi connectivity index (χ3v) is 3.29. The van der Waals surface area contributed by atoms with Gasteiger partial charge in [0.1, 0.15) is 5.82 Å². The summed E-state index contributed by atoms with van der Waals surface area (Å²) in [5.41, 5.74) is 1.07. The fraction of sp³-hybridized carbons (Fsp3) is 0.647. The second kappa shape index (κ2) is 10.8. The van der Waals surface area contributed by atoms with Crippen LogP contribution in [0.5, 0.6) is 0 Å². The van der Waals surface area contributed by atoms with E-state index in [0.717, 1.165) is 57.6 Å². The molecule has 1 unspecified atom stereocenters. The van der Waals surface area contributed by atoms with E-state index >= 15 is 0 Å². The number of hydrogen-bond acceptors (Lipinski definition) is 2. The Kier molecular flexibility index (Phi) is 9.25. The normalized spacial score (nSPS) is 12.6.